The third-order valence-corrected chi connectivity index (χ3v) is 4.51. The van der Waals surface area contributed by atoms with Gasteiger partial charge < -0.3 is 5.32 Å². The van der Waals surface area contributed by atoms with E-state index in [0.29, 0.717) is 18.5 Å². The summed E-state index contributed by atoms with van der Waals surface area (Å²) in [6, 6.07) is 5.89. The largest absolute Gasteiger partial charge is 0.310 e. The Hall–Kier alpha value is -0.890. The molecule has 2 heteroatoms. The maximum absolute atomic E-state index is 13.6. The second-order valence-corrected chi connectivity index (χ2v) is 5.69. The molecule has 0 spiro atoms. The topological polar surface area (TPSA) is 12.0 Å². The number of aryl methyl sites for hydroxylation is 1. The molecular weight excluding hydrogens is 225 g/mol. The van der Waals surface area contributed by atoms with Gasteiger partial charge in [0.05, 0.1) is 0 Å². The molecule has 18 heavy (non-hydrogen) atoms. The van der Waals surface area contributed by atoms with Gasteiger partial charge in [-0.25, -0.2) is 4.39 Å². The Labute approximate surface area is 110 Å². The van der Waals surface area contributed by atoms with Gasteiger partial charge in [0, 0.05) is 18.2 Å². The van der Waals surface area contributed by atoms with Crippen molar-refractivity contribution >= 4 is 0 Å². The molecule has 1 aromatic rings. The van der Waals surface area contributed by atoms with Crippen LogP contribution in [0.1, 0.15) is 44.2 Å². The van der Waals surface area contributed by atoms with Gasteiger partial charge in [0.1, 0.15) is 5.82 Å². The van der Waals surface area contributed by atoms with Crippen molar-refractivity contribution in [3.05, 3.63) is 35.1 Å². The normalized spacial score (nSPS) is 27.7. The van der Waals surface area contributed by atoms with E-state index in [1.165, 1.54) is 19.3 Å². The summed E-state index contributed by atoms with van der Waals surface area (Å²) in [5.74, 6) is 1.46. The van der Waals surface area contributed by atoms with E-state index in [-0.39, 0.29) is 5.82 Å². The zero-order chi connectivity index (χ0) is 13.1. The highest BCUT2D eigenvalue weighted by Gasteiger charge is 2.30. The van der Waals surface area contributed by atoms with E-state index in [9.17, 15) is 4.39 Å². The molecule has 0 heterocycles. The predicted molar refractivity (Wildman–Crippen MR) is 73.9 cm³/mol. The molecule has 1 saturated carbocycles. The van der Waals surface area contributed by atoms with Gasteiger partial charge in [0.25, 0.3) is 0 Å². The molecule has 1 aliphatic rings. The highest BCUT2D eigenvalue weighted by Crippen LogP contribution is 2.34. The van der Waals surface area contributed by atoms with Crippen LogP contribution in [0.3, 0.4) is 0 Å². The lowest BCUT2D eigenvalue weighted by molar-refractivity contribution is 0.343. The Morgan fingerprint density at radius 1 is 1.33 bits per heavy atom. The van der Waals surface area contributed by atoms with Crippen LogP contribution >= 0.6 is 0 Å². The quantitative estimate of drug-likeness (QED) is 0.849. The van der Waals surface area contributed by atoms with Crippen molar-refractivity contribution in [2.24, 2.45) is 11.8 Å². The fraction of sp³-hybridized carbons (Fsp3) is 0.625. The van der Waals surface area contributed by atoms with Gasteiger partial charge >= 0.3 is 0 Å². The van der Waals surface area contributed by atoms with Crippen LogP contribution in [-0.2, 0) is 6.54 Å². The Morgan fingerprint density at radius 3 is 2.78 bits per heavy atom. The van der Waals surface area contributed by atoms with Crippen LogP contribution in [0.4, 0.5) is 4.39 Å². The van der Waals surface area contributed by atoms with E-state index in [1.807, 2.05) is 19.1 Å². The molecule has 0 aliphatic heterocycles. The lowest BCUT2D eigenvalue weighted by Crippen LogP contribution is -2.32. The number of benzene rings is 1. The number of halogens is 1. The van der Waals surface area contributed by atoms with Crippen LogP contribution < -0.4 is 5.32 Å². The summed E-state index contributed by atoms with van der Waals surface area (Å²) < 4.78 is 13.6. The fourth-order valence-electron chi connectivity index (χ4n) is 3.19. The molecule has 1 nitrogen and oxygen atoms in total. The molecule has 1 N–H and O–H groups in total. The van der Waals surface area contributed by atoms with Crippen molar-refractivity contribution in [1.29, 1.82) is 0 Å². The van der Waals surface area contributed by atoms with Crippen LogP contribution in [-0.4, -0.2) is 6.04 Å². The smallest absolute Gasteiger partial charge is 0.127 e. The third kappa shape index (κ3) is 2.92. The summed E-state index contributed by atoms with van der Waals surface area (Å²) in [7, 11) is 0. The number of hydrogen-bond acceptors (Lipinski definition) is 1. The molecule has 0 saturated heterocycles. The van der Waals surface area contributed by atoms with Crippen molar-refractivity contribution in [3.8, 4) is 0 Å². The van der Waals surface area contributed by atoms with Crippen molar-refractivity contribution < 1.29 is 4.39 Å². The average molecular weight is 249 g/mol. The van der Waals surface area contributed by atoms with E-state index < -0.39 is 0 Å². The first-order valence-corrected chi connectivity index (χ1v) is 7.10. The number of nitrogens with one attached hydrogen (secondary N) is 1. The van der Waals surface area contributed by atoms with Crippen LogP contribution in [0, 0.1) is 24.6 Å². The summed E-state index contributed by atoms with van der Waals surface area (Å²) in [6.07, 6.45) is 3.80. The summed E-state index contributed by atoms with van der Waals surface area (Å²) in [5, 5.41) is 3.54. The molecule has 0 aromatic heterocycles. The van der Waals surface area contributed by atoms with E-state index in [4.69, 9.17) is 0 Å². The lowest BCUT2D eigenvalue weighted by Gasteiger charge is -2.21. The SMILES string of the molecule is CCC1CCC(NCc2cc(C)ccc2F)C1C. The van der Waals surface area contributed by atoms with Crippen LogP contribution in [0.15, 0.2) is 18.2 Å². The molecule has 3 atom stereocenters. The summed E-state index contributed by atoms with van der Waals surface area (Å²) in [4.78, 5) is 0. The van der Waals surface area contributed by atoms with Gasteiger partial charge in [-0.1, -0.05) is 38.0 Å². The maximum atomic E-state index is 13.6. The lowest BCUT2D eigenvalue weighted by atomic mass is 9.93. The zero-order valence-corrected chi connectivity index (χ0v) is 11.7. The first-order valence-electron chi connectivity index (χ1n) is 7.10. The van der Waals surface area contributed by atoms with Crippen LogP contribution in [0.25, 0.3) is 0 Å². The minimum Gasteiger partial charge on any atom is -0.310 e. The molecule has 1 aromatic carbocycles. The van der Waals surface area contributed by atoms with E-state index in [0.717, 1.165) is 17.0 Å². The van der Waals surface area contributed by atoms with Crippen LogP contribution in [0.5, 0.6) is 0 Å². The standard InChI is InChI=1S/C16H24FN/c1-4-13-6-8-16(12(13)3)18-10-14-9-11(2)5-7-15(14)17/h5,7,9,12-13,16,18H,4,6,8,10H2,1-3H3. The van der Waals surface area contributed by atoms with Gasteiger partial charge in [-0.3, -0.25) is 0 Å². The molecule has 1 aliphatic carbocycles. The number of rotatable bonds is 4. The average Bonchev–Trinajstić information content (AvgIpc) is 2.71. The predicted octanol–water partition coefficient (Wildman–Crippen LogP) is 4.05. The monoisotopic (exact) mass is 249 g/mol. The number of hydrogen-bond donors (Lipinski definition) is 1. The minimum atomic E-state index is -0.0919. The maximum Gasteiger partial charge on any atom is 0.127 e. The summed E-state index contributed by atoms with van der Waals surface area (Å²) >= 11 is 0. The van der Waals surface area contributed by atoms with Crippen molar-refractivity contribution in [2.75, 3.05) is 0 Å². The van der Waals surface area contributed by atoms with Gasteiger partial charge in [-0.05, 0) is 37.7 Å². The second kappa shape index (κ2) is 5.83. The molecule has 0 bridgehead atoms. The van der Waals surface area contributed by atoms with Crippen LogP contribution in [0.2, 0.25) is 0 Å². The molecule has 100 valence electrons. The fourth-order valence-corrected chi connectivity index (χ4v) is 3.19. The Balaban J connectivity index is 1.94. The third-order valence-electron chi connectivity index (χ3n) is 4.51. The van der Waals surface area contributed by atoms with E-state index >= 15 is 0 Å². The van der Waals surface area contributed by atoms with E-state index in [2.05, 4.69) is 19.2 Å². The van der Waals surface area contributed by atoms with Gasteiger partial charge in [0.2, 0.25) is 0 Å². The Kier molecular flexibility index (Phi) is 4.39. The Bertz CT molecular complexity index is 402. The molecule has 1 fully saturated rings. The zero-order valence-electron chi connectivity index (χ0n) is 11.7. The highest BCUT2D eigenvalue weighted by atomic mass is 19.1. The van der Waals surface area contributed by atoms with Gasteiger partial charge in [-0.2, -0.15) is 0 Å². The highest BCUT2D eigenvalue weighted by molar-refractivity contribution is 5.24. The first kappa shape index (κ1) is 13.5. The summed E-state index contributed by atoms with van der Waals surface area (Å²) in [5.41, 5.74) is 1.92. The molecular formula is C16H24FN. The van der Waals surface area contributed by atoms with E-state index in [1.54, 1.807) is 6.07 Å². The molecule has 0 radical (unpaired) electrons. The summed E-state index contributed by atoms with van der Waals surface area (Å²) in [6.45, 7) is 7.25. The van der Waals surface area contributed by atoms with Gasteiger partial charge in [0.15, 0.2) is 0 Å². The molecule has 2 rings (SSSR count). The van der Waals surface area contributed by atoms with Crippen molar-refractivity contribution in [1.82, 2.24) is 5.32 Å². The van der Waals surface area contributed by atoms with Crippen molar-refractivity contribution in [2.45, 2.75) is 52.6 Å². The minimum absolute atomic E-state index is 0.0919. The first-order chi connectivity index (χ1) is 8.61. The van der Waals surface area contributed by atoms with Crippen molar-refractivity contribution in [3.63, 3.8) is 0 Å². The second-order valence-electron chi connectivity index (χ2n) is 5.69. The molecule has 3 unspecified atom stereocenters. The van der Waals surface area contributed by atoms with Gasteiger partial charge in [-0.15, -0.1) is 0 Å². The Morgan fingerprint density at radius 2 is 2.11 bits per heavy atom. The molecule has 0 amide bonds.